The topological polar surface area (TPSA) is 85.3 Å². The predicted molar refractivity (Wildman–Crippen MR) is 139 cm³/mol. The molecule has 2 atom stereocenters. The minimum absolute atomic E-state index is 0.00749. The van der Waals surface area contributed by atoms with E-state index in [9.17, 15) is 35.9 Å². The Labute approximate surface area is 243 Å². The van der Waals surface area contributed by atoms with Gasteiger partial charge in [0.1, 0.15) is 11.9 Å². The molecule has 0 unspecified atom stereocenters. The first kappa shape index (κ1) is 31.0. The maximum Gasteiger partial charge on any atom is 0.416 e. The number of hydrogen-bond acceptors (Lipinski definition) is 5. The highest BCUT2D eigenvalue weighted by molar-refractivity contribution is 9.10. The highest BCUT2D eigenvalue weighted by Gasteiger charge is 2.43. The first-order valence-electron chi connectivity index (χ1n) is 12.2. The molecule has 1 amide bonds. The van der Waals surface area contributed by atoms with E-state index in [1.54, 1.807) is 24.3 Å². The lowest BCUT2D eigenvalue weighted by molar-refractivity contribution is -0.143. The summed E-state index contributed by atoms with van der Waals surface area (Å²) in [5.41, 5.74) is -2.66. The van der Waals surface area contributed by atoms with Gasteiger partial charge in [0.05, 0.1) is 37.2 Å². The van der Waals surface area contributed by atoms with Crippen LogP contribution in [0, 0.1) is 0 Å². The summed E-state index contributed by atoms with van der Waals surface area (Å²) in [5, 5.41) is 9.13. The molecule has 1 aliphatic rings. The molecule has 7 nitrogen and oxygen atoms in total. The Kier molecular flexibility index (Phi) is 8.67. The molecule has 4 rings (SSSR count). The Morgan fingerprint density at radius 1 is 0.952 bits per heavy atom. The van der Waals surface area contributed by atoms with Gasteiger partial charge in [-0.2, -0.15) is 26.3 Å². The summed E-state index contributed by atoms with van der Waals surface area (Å²) in [6.07, 6.45) is -12.8. The lowest BCUT2D eigenvalue weighted by Gasteiger charge is -2.23. The molecule has 0 saturated carbocycles. The van der Waals surface area contributed by atoms with Gasteiger partial charge < -0.3 is 19.3 Å². The quantitative estimate of drug-likeness (QED) is 0.246. The number of hydrogen-bond donors (Lipinski definition) is 1. The van der Waals surface area contributed by atoms with E-state index in [2.05, 4.69) is 15.9 Å². The average molecular weight is 662 g/mol. The van der Waals surface area contributed by atoms with Crippen LogP contribution in [0.4, 0.5) is 31.1 Å². The number of methoxy groups -OCH3 is 1. The van der Waals surface area contributed by atoms with Gasteiger partial charge in [0.15, 0.2) is 11.5 Å². The minimum atomic E-state index is -5.06. The van der Waals surface area contributed by atoms with E-state index >= 15 is 0 Å². The molecule has 1 N–H and O–H groups in total. The molecule has 1 fully saturated rings. The number of cyclic esters (lactones) is 1. The van der Waals surface area contributed by atoms with E-state index in [4.69, 9.17) is 19.3 Å². The predicted octanol–water partition coefficient (Wildman–Crippen LogP) is 8.00. The Balaban J connectivity index is 1.66. The van der Waals surface area contributed by atoms with Crippen molar-refractivity contribution in [3.8, 4) is 17.2 Å². The fraction of sp³-hybridized carbons (Fsp3) is 0.286. The van der Waals surface area contributed by atoms with Crippen molar-refractivity contribution in [1.82, 2.24) is 4.90 Å². The Bertz CT molecular complexity index is 1480. The summed E-state index contributed by atoms with van der Waals surface area (Å²) in [7, 11) is 1.39. The number of carboxylic acid groups (broad SMARTS) is 1. The van der Waals surface area contributed by atoms with E-state index in [0.29, 0.717) is 27.7 Å². The molecule has 42 heavy (non-hydrogen) atoms. The SMILES string of the molecule is COc1ccc(CC(=O)O)cc1Oc1ccc(Br)cc1CN1C(=O)O[C@@H](c2cc(C(F)(F)F)cc(C(F)(F)F)c2)[C@H]1C. The zero-order valence-electron chi connectivity index (χ0n) is 21.8. The molecule has 0 radical (unpaired) electrons. The van der Waals surface area contributed by atoms with Crippen LogP contribution in [-0.4, -0.2) is 35.2 Å². The molecule has 0 aromatic heterocycles. The summed E-state index contributed by atoms with van der Waals surface area (Å²) >= 11 is 3.34. The number of carbonyl (C=O) groups excluding carboxylic acids is 1. The maximum atomic E-state index is 13.4. The number of carbonyl (C=O) groups is 2. The van der Waals surface area contributed by atoms with Gasteiger partial charge in [-0.15, -0.1) is 0 Å². The average Bonchev–Trinajstić information content (AvgIpc) is 3.17. The summed E-state index contributed by atoms with van der Waals surface area (Å²) in [4.78, 5) is 25.2. The van der Waals surface area contributed by atoms with Gasteiger partial charge in [-0.1, -0.05) is 22.0 Å². The molecule has 3 aromatic rings. The van der Waals surface area contributed by atoms with Crippen molar-refractivity contribution in [2.45, 2.75) is 44.4 Å². The summed E-state index contributed by atoms with van der Waals surface area (Å²) in [5.74, 6) is -0.365. The first-order valence-corrected chi connectivity index (χ1v) is 13.0. The molecular weight excluding hydrogens is 640 g/mol. The van der Waals surface area contributed by atoms with Crippen LogP contribution in [0.15, 0.2) is 59.1 Å². The van der Waals surface area contributed by atoms with Crippen LogP contribution in [0.25, 0.3) is 0 Å². The van der Waals surface area contributed by atoms with Crippen molar-refractivity contribution in [3.05, 3.63) is 86.9 Å². The number of carboxylic acids is 1. The molecule has 0 aliphatic carbocycles. The number of aliphatic carboxylic acids is 1. The van der Waals surface area contributed by atoms with Crippen LogP contribution in [-0.2, 0) is 34.8 Å². The van der Waals surface area contributed by atoms with Crippen LogP contribution < -0.4 is 9.47 Å². The largest absolute Gasteiger partial charge is 0.493 e. The maximum absolute atomic E-state index is 13.4. The molecular formula is C28H22BrF6NO6. The van der Waals surface area contributed by atoms with E-state index < -0.39 is 53.3 Å². The number of rotatable bonds is 8. The Morgan fingerprint density at radius 3 is 2.14 bits per heavy atom. The smallest absolute Gasteiger partial charge is 0.416 e. The van der Waals surface area contributed by atoms with Crippen molar-refractivity contribution < 1.29 is 55.2 Å². The fourth-order valence-corrected chi connectivity index (χ4v) is 4.87. The van der Waals surface area contributed by atoms with E-state index in [1.165, 1.54) is 26.2 Å². The Hall–Kier alpha value is -3.94. The van der Waals surface area contributed by atoms with Crippen LogP contribution >= 0.6 is 15.9 Å². The van der Waals surface area contributed by atoms with E-state index in [1.807, 2.05) is 0 Å². The highest BCUT2D eigenvalue weighted by atomic mass is 79.9. The summed E-state index contributed by atoms with van der Waals surface area (Å²) in [6, 6.07) is 9.50. The summed E-state index contributed by atoms with van der Waals surface area (Å²) < 4.78 is 97.7. The van der Waals surface area contributed by atoms with Crippen LogP contribution in [0.5, 0.6) is 17.2 Å². The van der Waals surface area contributed by atoms with Gasteiger partial charge >= 0.3 is 24.4 Å². The third-order valence-corrected chi connectivity index (χ3v) is 6.99. The van der Waals surface area contributed by atoms with E-state index in [0.717, 1.165) is 4.90 Å². The van der Waals surface area contributed by atoms with Gasteiger partial charge in [-0.05, 0) is 66.6 Å². The normalized spacial score (nSPS) is 17.3. The van der Waals surface area contributed by atoms with Gasteiger partial charge in [0.2, 0.25) is 0 Å². The number of amides is 1. The molecule has 1 saturated heterocycles. The minimum Gasteiger partial charge on any atom is -0.493 e. The molecule has 14 heteroatoms. The van der Waals surface area contributed by atoms with Gasteiger partial charge in [-0.25, -0.2) is 4.79 Å². The standard InChI is InChI=1S/C28H22BrF6NO6/c1-14-25(16-9-18(27(30,31)32)12-19(10-16)28(33,34)35)42-26(39)36(14)13-17-11-20(29)4-6-21(17)41-23-7-15(8-24(37)38)3-5-22(23)40-2/h3-7,9-12,14,25H,8,13H2,1-2H3,(H,37,38)/t14-,25-/m1/s1. The second kappa shape index (κ2) is 11.7. The molecule has 224 valence electrons. The number of alkyl halides is 6. The van der Waals surface area contributed by atoms with Crippen LogP contribution in [0.1, 0.15) is 40.8 Å². The zero-order valence-corrected chi connectivity index (χ0v) is 23.4. The molecule has 1 aliphatic heterocycles. The second-order valence-electron chi connectivity index (χ2n) is 9.42. The number of nitrogens with zero attached hydrogens (tertiary/aromatic N) is 1. The van der Waals surface area contributed by atoms with Crippen molar-refractivity contribution in [2.75, 3.05) is 7.11 Å². The molecule has 0 bridgehead atoms. The highest BCUT2D eigenvalue weighted by Crippen LogP contribution is 2.42. The van der Waals surface area contributed by atoms with Crippen LogP contribution in [0.2, 0.25) is 0 Å². The number of halogens is 7. The van der Waals surface area contributed by atoms with Crippen molar-refractivity contribution in [2.24, 2.45) is 0 Å². The van der Waals surface area contributed by atoms with Gasteiger partial charge in [0, 0.05) is 10.0 Å². The third kappa shape index (κ3) is 6.92. The lowest BCUT2D eigenvalue weighted by Crippen LogP contribution is -2.31. The van der Waals surface area contributed by atoms with Gasteiger partial charge in [0.25, 0.3) is 0 Å². The zero-order chi connectivity index (χ0) is 31.0. The van der Waals surface area contributed by atoms with E-state index in [-0.39, 0.29) is 36.3 Å². The molecule has 3 aromatic carbocycles. The molecule has 1 heterocycles. The monoisotopic (exact) mass is 661 g/mol. The number of benzene rings is 3. The van der Waals surface area contributed by atoms with Crippen LogP contribution in [0.3, 0.4) is 0 Å². The van der Waals surface area contributed by atoms with Crippen molar-refractivity contribution >= 4 is 28.0 Å². The van der Waals surface area contributed by atoms with Gasteiger partial charge in [-0.3, -0.25) is 9.69 Å². The third-order valence-electron chi connectivity index (χ3n) is 6.50. The first-order chi connectivity index (χ1) is 19.6. The Morgan fingerprint density at radius 2 is 1.57 bits per heavy atom. The lowest BCUT2D eigenvalue weighted by atomic mass is 9.97. The number of ether oxygens (including phenoxy) is 3. The fourth-order valence-electron chi connectivity index (χ4n) is 4.46. The second-order valence-corrected chi connectivity index (χ2v) is 10.3. The van der Waals surface area contributed by atoms with Crippen molar-refractivity contribution in [3.63, 3.8) is 0 Å². The summed E-state index contributed by atoms with van der Waals surface area (Å²) in [6.45, 7) is 1.26. The molecule has 0 spiro atoms. The van der Waals surface area contributed by atoms with Crippen molar-refractivity contribution in [1.29, 1.82) is 0 Å².